The number of hydrogen-bond acceptors (Lipinski definition) is 4. The van der Waals surface area contributed by atoms with Gasteiger partial charge in [0.2, 0.25) is 5.28 Å². The summed E-state index contributed by atoms with van der Waals surface area (Å²) in [6.45, 7) is 0. The Kier molecular flexibility index (Phi) is 3.10. The van der Waals surface area contributed by atoms with E-state index in [0.717, 1.165) is 10.3 Å². The van der Waals surface area contributed by atoms with Crippen molar-refractivity contribution in [1.82, 2.24) is 24.3 Å². The average Bonchev–Trinajstić information content (AvgIpc) is 2.86. The van der Waals surface area contributed by atoms with Gasteiger partial charge in [-0.1, -0.05) is 18.3 Å². The molecular formula is C12H8ClN5S. The van der Waals surface area contributed by atoms with Gasteiger partial charge in [-0.2, -0.15) is 0 Å². The molecule has 0 saturated carbocycles. The van der Waals surface area contributed by atoms with Crippen molar-refractivity contribution >= 4 is 23.8 Å². The molecule has 19 heavy (non-hydrogen) atoms. The Balaban J connectivity index is 2.00. The molecule has 0 fully saturated rings. The van der Waals surface area contributed by atoms with E-state index in [1.165, 1.54) is 11.0 Å². The van der Waals surface area contributed by atoms with E-state index in [4.69, 9.17) is 23.8 Å². The molecule has 0 atom stereocenters. The van der Waals surface area contributed by atoms with Crippen molar-refractivity contribution in [3.63, 3.8) is 0 Å². The molecule has 0 aliphatic heterocycles. The van der Waals surface area contributed by atoms with Crippen LogP contribution in [0.15, 0.2) is 49.1 Å². The maximum Gasteiger partial charge on any atom is 0.242 e. The van der Waals surface area contributed by atoms with Crippen LogP contribution in [0.5, 0.6) is 0 Å². The van der Waals surface area contributed by atoms with Crippen molar-refractivity contribution in [2.24, 2.45) is 0 Å². The average molecular weight is 290 g/mol. The van der Waals surface area contributed by atoms with Gasteiger partial charge < -0.3 is 4.57 Å². The Bertz CT molecular complexity index is 762. The van der Waals surface area contributed by atoms with Crippen LogP contribution in [0.3, 0.4) is 0 Å². The van der Waals surface area contributed by atoms with Gasteiger partial charge in [0, 0.05) is 6.20 Å². The lowest BCUT2D eigenvalue weighted by Crippen LogP contribution is -2.01. The summed E-state index contributed by atoms with van der Waals surface area (Å²) < 4.78 is 4.11. The van der Waals surface area contributed by atoms with Crippen molar-refractivity contribution in [2.75, 3.05) is 0 Å². The molecule has 3 heterocycles. The first kappa shape index (κ1) is 12.0. The molecule has 3 rings (SSSR count). The third kappa shape index (κ3) is 2.40. The van der Waals surface area contributed by atoms with Gasteiger partial charge >= 0.3 is 0 Å². The van der Waals surface area contributed by atoms with Crippen molar-refractivity contribution in [1.29, 1.82) is 0 Å². The number of hydrogen-bond donors (Lipinski definition) is 0. The molecule has 0 saturated heterocycles. The summed E-state index contributed by atoms with van der Waals surface area (Å²) in [6.07, 6.45) is 5.13. The molecular weight excluding hydrogens is 282 g/mol. The van der Waals surface area contributed by atoms with E-state index >= 15 is 0 Å². The maximum absolute atomic E-state index is 5.67. The minimum Gasteiger partial charge on any atom is -0.307 e. The Morgan fingerprint density at radius 2 is 2.00 bits per heavy atom. The van der Waals surface area contributed by atoms with Gasteiger partial charge in [0.1, 0.15) is 11.0 Å². The molecule has 3 aromatic heterocycles. The number of aromatic nitrogens is 5. The van der Waals surface area contributed by atoms with Crippen LogP contribution >= 0.6 is 23.8 Å². The number of pyridine rings is 2. The summed E-state index contributed by atoms with van der Waals surface area (Å²) in [7, 11) is 0. The Morgan fingerprint density at radius 3 is 2.63 bits per heavy atom. The van der Waals surface area contributed by atoms with Crippen LogP contribution in [0.2, 0.25) is 5.28 Å². The fraction of sp³-hybridized carbons (Fsp3) is 0. The Morgan fingerprint density at radius 1 is 1.11 bits per heavy atom. The lowest BCUT2D eigenvalue weighted by molar-refractivity contribution is 0.842. The highest BCUT2D eigenvalue weighted by atomic mass is 35.5. The zero-order valence-electron chi connectivity index (χ0n) is 9.64. The predicted octanol–water partition coefficient (Wildman–Crippen LogP) is 2.84. The topological polar surface area (TPSA) is 48.5 Å². The maximum atomic E-state index is 5.67. The van der Waals surface area contributed by atoms with Crippen LogP contribution in [-0.4, -0.2) is 24.3 Å². The normalized spacial score (nSPS) is 10.6. The van der Waals surface area contributed by atoms with E-state index in [1.807, 2.05) is 41.1 Å². The second kappa shape index (κ2) is 4.91. The quantitative estimate of drug-likeness (QED) is 0.681. The SMILES string of the molecule is S=c1ccccn1-c1ccc(-n2cnc(Cl)n2)nc1. The van der Waals surface area contributed by atoms with Crippen LogP contribution in [-0.2, 0) is 0 Å². The van der Waals surface area contributed by atoms with Crippen molar-refractivity contribution in [2.45, 2.75) is 0 Å². The summed E-state index contributed by atoms with van der Waals surface area (Å²) in [5, 5.41) is 4.17. The third-order valence-corrected chi connectivity index (χ3v) is 3.04. The molecule has 0 aliphatic carbocycles. The molecule has 5 nitrogen and oxygen atoms in total. The number of nitrogens with zero attached hydrogens (tertiary/aromatic N) is 5. The van der Waals surface area contributed by atoms with Crippen LogP contribution < -0.4 is 0 Å². The van der Waals surface area contributed by atoms with E-state index in [-0.39, 0.29) is 5.28 Å². The van der Waals surface area contributed by atoms with Crippen LogP contribution in [0, 0.1) is 4.64 Å². The van der Waals surface area contributed by atoms with Crippen LogP contribution in [0.25, 0.3) is 11.5 Å². The zero-order chi connectivity index (χ0) is 13.2. The Labute approximate surface area is 119 Å². The second-order valence-electron chi connectivity index (χ2n) is 3.74. The highest BCUT2D eigenvalue weighted by molar-refractivity contribution is 7.71. The van der Waals surface area contributed by atoms with Gasteiger partial charge in [0.05, 0.1) is 11.9 Å². The van der Waals surface area contributed by atoms with E-state index < -0.39 is 0 Å². The Hall–Kier alpha value is -2.05. The largest absolute Gasteiger partial charge is 0.307 e. The summed E-state index contributed by atoms with van der Waals surface area (Å²) >= 11 is 10.9. The lowest BCUT2D eigenvalue weighted by atomic mass is 10.3. The van der Waals surface area contributed by atoms with E-state index in [1.54, 1.807) is 6.20 Å². The smallest absolute Gasteiger partial charge is 0.242 e. The first-order chi connectivity index (χ1) is 9.24. The molecule has 3 aromatic rings. The molecule has 0 N–H and O–H groups in total. The standard InChI is InChI=1S/C12H8ClN5S/c13-12-15-8-18(16-12)10-5-4-9(7-14-10)17-6-2-1-3-11(17)19/h1-8H. The molecule has 0 radical (unpaired) electrons. The van der Waals surface area contributed by atoms with Gasteiger partial charge in [0.15, 0.2) is 5.82 Å². The number of rotatable bonds is 2. The fourth-order valence-electron chi connectivity index (χ4n) is 1.65. The molecule has 0 spiro atoms. The second-order valence-corrected chi connectivity index (χ2v) is 4.50. The molecule has 0 amide bonds. The zero-order valence-corrected chi connectivity index (χ0v) is 11.2. The van der Waals surface area contributed by atoms with Gasteiger partial charge in [0.25, 0.3) is 0 Å². The summed E-state index contributed by atoms with van der Waals surface area (Å²) in [4.78, 5) is 8.16. The summed E-state index contributed by atoms with van der Waals surface area (Å²) in [6, 6.07) is 9.42. The first-order valence-electron chi connectivity index (χ1n) is 5.46. The van der Waals surface area contributed by atoms with Gasteiger partial charge in [-0.15, -0.1) is 5.10 Å². The van der Waals surface area contributed by atoms with Gasteiger partial charge in [-0.05, 0) is 35.9 Å². The van der Waals surface area contributed by atoms with Crippen LogP contribution in [0.1, 0.15) is 0 Å². The minimum atomic E-state index is 0.191. The van der Waals surface area contributed by atoms with Gasteiger partial charge in [-0.25, -0.2) is 14.6 Å². The highest BCUT2D eigenvalue weighted by Gasteiger charge is 2.02. The monoisotopic (exact) mass is 289 g/mol. The van der Waals surface area contributed by atoms with E-state index in [9.17, 15) is 0 Å². The lowest BCUT2D eigenvalue weighted by Gasteiger charge is -2.06. The molecule has 0 aromatic carbocycles. The predicted molar refractivity (Wildman–Crippen MR) is 74.3 cm³/mol. The molecule has 0 bridgehead atoms. The van der Waals surface area contributed by atoms with Crippen molar-refractivity contribution in [3.8, 4) is 11.5 Å². The first-order valence-corrected chi connectivity index (χ1v) is 6.24. The molecule has 0 unspecified atom stereocenters. The van der Waals surface area contributed by atoms with Crippen molar-refractivity contribution in [3.05, 3.63) is 59.0 Å². The molecule has 94 valence electrons. The van der Waals surface area contributed by atoms with Gasteiger partial charge in [-0.3, -0.25) is 0 Å². The summed E-state index contributed by atoms with van der Waals surface area (Å²) in [5.74, 6) is 0.644. The highest BCUT2D eigenvalue weighted by Crippen LogP contribution is 2.11. The van der Waals surface area contributed by atoms with Crippen LogP contribution in [0.4, 0.5) is 0 Å². The number of halogens is 1. The molecule has 7 heteroatoms. The fourth-order valence-corrected chi connectivity index (χ4v) is 2.02. The third-order valence-electron chi connectivity index (χ3n) is 2.53. The van der Waals surface area contributed by atoms with E-state index in [2.05, 4.69) is 15.1 Å². The van der Waals surface area contributed by atoms with Crippen molar-refractivity contribution < 1.29 is 0 Å². The molecule has 0 aliphatic rings. The summed E-state index contributed by atoms with van der Waals surface area (Å²) in [5.41, 5.74) is 0.889. The minimum absolute atomic E-state index is 0.191. The van der Waals surface area contributed by atoms with E-state index in [0.29, 0.717) is 5.82 Å².